The van der Waals surface area contributed by atoms with Crippen molar-refractivity contribution in [3.05, 3.63) is 143 Å². The highest BCUT2D eigenvalue weighted by Crippen LogP contribution is 2.43. The van der Waals surface area contributed by atoms with Crippen LogP contribution in [0.3, 0.4) is 0 Å². The molecule has 1 fully saturated rings. The van der Waals surface area contributed by atoms with E-state index in [1.807, 2.05) is 103 Å². The molecule has 1 aromatic heterocycles. The largest absolute Gasteiger partial charge is 0.392 e. The predicted molar refractivity (Wildman–Crippen MR) is 184 cm³/mol. The summed E-state index contributed by atoms with van der Waals surface area (Å²) in [5, 5.41) is 16.4. The molecule has 6 rings (SSSR count). The molecule has 4 atom stereocenters. The number of rotatable bonds is 11. The first kappa shape index (κ1) is 32.5. The molecule has 0 radical (unpaired) electrons. The highest BCUT2D eigenvalue weighted by Gasteiger charge is 2.38. The Labute approximate surface area is 280 Å². The zero-order chi connectivity index (χ0) is 32.6. The first-order valence-electron chi connectivity index (χ1n) is 15.8. The molecule has 2 heterocycles. The van der Waals surface area contributed by atoms with Crippen molar-refractivity contribution in [2.45, 2.75) is 50.3 Å². The number of aromatic nitrogens is 2. The summed E-state index contributed by atoms with van der Waals surface area (Å²) in [5.74, 6) is 0.807. The van der Waals surface area contributed by atoms with Gasteiger partial charge in [0.15, 0.2) is 11.4 Å². The van der Waals surface area contributed by atoms with Gasteiger partial charge in [-0.3, -0.25) is 0 Å². The predicted octanol–water partition coefficient (Wildman–Crippen LogP) is 7.16. The van der Waals surface area contributed by atoms with E-state index in [-0.39, 0.29) is 30.8 Å². The van der Waals surface area contributed by atoms with Crippen molar-refractivity contribution in [1.82, 2.24) is 20.2 Å². The van der Waals surface area contributed by atoms with Gasteiger partial charge in [-0.05, 0) is 45.5 Å². The second-order valence-electron chi connectivity index (χ2n) is 11.8. The van der Waals surface area contributed by atoms with E-state index in [0.717, 1.165) is 49.9 Å². The Bertz CT molecular complexity index is 1760. The number of urea groups is 1. The number of nitrogens with one attached hydrogen (secondary N) is 2. The van der Waals surface area contributed by atoms with Gasteiger partial charge in [-0.25, -0.2) is 9.78 Å². The van der Waals surface area contributed by atoms with Crippen molar-refractivity contribution in [3.63, 3.8) is 0 Å². The Hall–Kier alpha value is -4.41. The summed E-state index contributed by atoms with van der Waals surface area (Å²) in [6.07, 6.45) is 2.90. The Morgan fingerprint density at radius 3 is 2.26 bits per heavy atom. The van der Waals surface area contributed by atoms with Gasteiger partial charge in [-0.15, -0.1) is 0 Å². The fourth-order valence-corrected chi connectivity index (χ4v) is 6.80. The van der Waals surface area contributed by atoms with E-state index in [1.165, 1.54) is 0 Å². The maximum absolute atomic E-state index is 12.4. The van der Waals surface area contributed by atoms with E-state index < -0.39 is 6.29 Å². The third kappa shape index (κ3) is 8.31. The minimum atomic E-state index is -0.571. The van der Waals surface area contributed by atoms with E-state index in [9.17, 15) is 9.90 Å². The van der Waals surface area contributed by atoms with Crippen LogP contribution in [-0.2, 0) is 36.2 Å². The molecular formula is C38H40N4O4S. The van der Waals surface area contributed by atoms with Gasteiger partial charge in [-0.2, -0.15) is 0 Å². The molecule has 4 aromatic carbocycles. The molecule has 1 aliphatic rings. The van der Waals surface area contributed by atoms with Crippen LogP contribution in [0.4, 0.5) is 4.79 Å². The molecule has 0 spiro atoms. The van der Waals surface area contributed by atoms with Crippen molar-refractivity contribution in [3.8, 4) is 11.1 Å². The van der Waals surface area contributed by atoms with Crippen molar-refractivity contribution in [2.75, 3.05) is 5.75 Å². The molecule has 4 unspecified atom stereocenters. The number of hydrogen-bond acceptors (Lipinski definition) is 6. The molecule has 2 amide bonds. The van der Waals surface area contributed by atoms with Gasteiger partial charge in [-0.1, -0.05) is 110 Å². The number of aliphatic hydroxyl groups is 1. The van der Waals surface area contributed by atoms with E-state index >= 15 is 0 Å². The lowest BCUT2D eigenvalue weighted by Crippen LogP contribution is -2.38. The first-order valence-corrected chi connectivity index (χ1v) is 16.8. The number of imidazole rings is 1. The number of benzene rings is 4. The molecular weight excluding hydrogens is 609 g/mol. The first-order chi connectivity index (χ1) is 23.0. The van der Waals surface area contributed by atoms with Gasteiger partial charge in [0.1, 0.15) is 0 Å². The van der Waals surface area contributed by atoms with Crippen LogP contribution in [0.5, 0.6) is 0 Å². The third-order valence-corrected chi connectivity index (χ3v) is 9.59. The molecule has 1 aliphatic heterocycles. The van der Waals surface area contributed by atoms with Crippen molar-refractivity contribution >= 4 is 17.8 Å². The van der Waals surface area contributed by atoms with Crippen LogP contribution in [0.2, 0.25) is 0 Å². The maximum atomic E-state index is 12.4. The summed E-state index contributed by atoms with van der Waals surface area (Å²) in [4.78, 5) is 16.9. The van der Waals surface area contributed by atoms with Crippen molar-refractivity contribution < 1.29 is 19.4 Å². The number of nitrogens with zero attached hydrogens (tertiary/aromatic N) is 2. The van der Waals surface area contributed by atoms with E-state index in [4.69, 9.17) is 9.47 Å². The molecule has 47 heavy (non-hydrogen) atoms. The highest BCUT2D eigenvalue weighted by atomic mass is 32.2. The summed E-state index contributed by atoms with van der Waals surface area (Å²) in [7, 11) is 2.00. The van der Waals surface area contributed by atoms with Gasteiger partial charge in [0, 0.05) is 49.8 Å². The third-order valence-electron chi connectivity index (χ3n) is 8.45. The summed E-state index contributed by atoms with van der Waals surface area (Å²) in [6.45, 7) is 3.05. The molecule has 9 heteroatoms. The number of carbonyl (C=O) groups excluding carboxylic acids is 1. The minimum absolute atomic E-state index is 0.00152. The van der Waals surface area contributed by atoms with Gasteiger partial charge in [0.25, 0.3) is 0 Å². The average Bonchev–Trinajstić information content (AvgIpc) is 3.54. The van der Waals surface area contributed by atoms with E-state index in [2.05, 4.69) is 46.8 Å². The highest BCUT2D eigenvalue weighted by molar-refractivity contribution is 7.99. The lowest BCUT2D eigenvalue weighted by atomic mass is 9.91. The van der Waals surface area contributed by atoms with Crippen LogP contribution >= 0.6 is 11.8 Å². The lowest BCUT2D eigenvalue weighted by molar-refractivity contribution is -0.268. The number of ether oxygens (including phenoxy) is 2. The second kappa shape index (κ2) is 15.5. The molecule has 0 bridgehead atoms. The quantitative estimate of drug-likeness (QED) is 0.132. The van der Waals surface area contributed by atoms with E-state index in [1.54, 1.807) is 11.8 Å². The van der Waals surface area contributed by atoms with Crippen LogP contribution in [0.15, 0.2) is 121 Å². The van der Waals surface area contributed by atoms with Crippen LogP contribution in [0.25, 0.3) is 11.1 Å². The molecule has 0 saturated carbocycles. The van der Waals surface area contributed by atoms with Crippen LogP contribution in [0, 0.1) is 5.92 Å². The van der Waals surface area contributed by atoms with Crippen molar-refractivity contribution in [1.29, 1.82) is 0 Å². The van der Waals surface area contributed by atoms with E-state index in [0.29, 0.717) is 13.1 Å². The normalized spacial score (nSPS) is 19.3. The summed E-state index contributed by atoms with van der Waals surface area (Å²) in [6, 6.07) is 34.1. The zero-order valence-electron chi connectivity index (χ0n) is 26.6. The van der Waals surface area contributed by atoms with Gasteiger partial charge in [0.05, 0.1) is 18.8 Å². The summed E-state index contributed by atoms with van der Waals surface area (Å²) in [5.41, 5.74) is 6.98. The SMILES string of the molecule is CC1C(CSc2nccn2C)OC(c2cccc(-c3cccc(CNC(=O)NCc4ccccc4)c3)c2)OC1c1ccc(CO)cc1. The average molecular weight is 649 g/mol. The van der Waals surface area contributed by atoms with Gasteiger partial charge < -0.3 is 29.8 Å². The summed E-state index contributed by atoms with van der Waals surface area (Å²) >= 11 is 1.68. The Morgan fingerprint density at radius 1 is 0.830 bits per heavy atom. The molecule has 8 nitrogen and oxygen atoms in total. The van der Waals surface area contributed by atoms with Crippen LogP contribution in [0.1, 0.15) is 47.1 Å². The smallest absolute Gasteiger partial charge is 0.315 e. The fourth-order valence-electron chi connectivity index (χ4n) is 5.71. The minimum Gasteiger partial charge on any atom is -0.392 e. The Kier molecular flexibility index (Phi) is 10.7. The van der Waals surface area contributed by atoms with Gasteiger partial charge >= 0.3 is 6.03 Å². The van der Waals surface area contributed by atoms with Gasteiger partial charge in [0.2, 0.25) is 0 Å². The Balaban J connectivity index is 1.17. The number of amides is 2. The number of hydrogen-bond donors (Lipinski definition) is 3. The monoisotopic (exact) mass is 648 g/mol. The maximum Gasteiger partial charge on any atom is 0.315 e. The number of carbonyl (C=O) groups is 1. The molecule has 5 aromatic rings. The fraction of sp³-hybridized carbons (Fsp3) is 0.263. The lowest BCUT2D eigenvalue weighted by Gasteiger charge is -2.41. The number of aliphatic hydroxyl groups excluding tert-OH is 1. The number of thioether (sulfide) groups is 1. The van der Waals surface area contributed by atoms with Crippen molar-refractivity contribution in [2.24, 2.45) is 13.0 Å². The van der Waals surface area contributed by atoms with Crippen LogP contribution < -0.4 is 10.6 Å². The molecule has 242 valence electrons. The summed E-state index contributed by atoms with van der Waals surface area (Å²) < 4.78 is 15.4. The standard InChI is InChI=1S/C38H40N4O4S/c1-26-34(25-47-38-39-18-19-42(38)2)45-36(46-35(26)30-16-14-28(24-43)15-17-30)33-13-7-12-32(21-33)31-11-6-10-29(20-31)23-41-37(44)40-22-27-8-4-3-5-9-27/h3-21,26,34-36,43H,22-25H2,1-2H3,(H2,40,41,44). The molecule has 3 N–H and O–H groups in total. The Morgan fingerprint density at radius 2 is 1.53 bits per heavy atom. The molecule has 1 saturated heterocycles. The zero-order valence-corrected chi connectivity index (χ0v) is 27.4. The molecule has 0 aliphatic carbocycles. The second-order valence-corrected chi connectivity index (χ2v) is 12.8. The number of aryl methyl sites for hydroxylation is 1. The topological polar surface area (TPSA) is 97.6 Å². The van der Waals surface area contributed by atoms with Crippen LogP contribution in [-0.4, -0.2) is 32.5 Å².